The van der Waals surface area contributed by atoms with Crippen molar-refractivity contribution in [1.82, 2.24) is 15.6 Å². The van der Waals surface area contributed by atoms with E-state index < -0.39 is 24.5 Å². The van der Waals surface area contributed by atoms with Crippen molar-refractivity contribution in [3.05, 3.63) is 9.98 Å². The van der Waals surface area contributed by atoms with E-state index in [2.05, 4.69) is 36.9 Å². The molecule has 18 heavy (non-hydrogen) atoms. The minimum Gasteiger partial charge on any atom is -0.480 e. The standard InChI is InChI=1S/C8H9BrN4O4S/c9-4-1-12-8(18-4)13-7(17)11-2-5(14)10-3-6(15)16/h1H,2-3H2,(H,10,14)(H,15,16)(H2,11,12,13,17). The van der Waals surface area contributed by atoms with Crippen molar-refractivity contribution in [2.24, 2.45) is 0 Å². The van der Waals surface area contributed by atoms with Gasteiger partial charge in [-0.15, -0.1) is 0 Å². The summed E-state index contributed by atoms with van der Waals surface area (Å²) in [6.07, 6.45) is 1.53. The van der Waals surface area contributed by atoms with E-state index in [0.717, 1.165) is 3.79 Å². The Labute approximate surface area is 114 Å². The molecule has 0 unspecified atom stereocenters. The molecule has 0 aliphatic heterocycles. The van der Waals surface area contributed by atoms with Crippen molar-refractivity contribution < 1.29 is 19.5 Å². The quantitative estimate of drug-likeness (QED) is 0.613. The van der Waals surface area contributed by atoms with Crippen molar-refractivity contribution in [2.45, 2.75) is 0 Å². The van der Waals surface area contributed by atoms with Gasteiger partial charge in [-0.3, -0.25) is 14.9 Å². The number of nitrogens with zero attached hydrogens (tertiary/aromatic N) is 1. The summed E-state index contributed by atoms with van der Waals surface area (Å²) in [6.45, 7) is -0.798. The number of carbonyl (C=O) groups excluding carboxylic acids is 2. The highest BCUT2D eigenvalue weighted by molar-refractivity contribution is 9.11. The predicted molar refractivity (Wildman–Crippen MR) is 67.5 cm³/mol. The summed E-state index contributed by atoms with van der Waals surface area (Å²) < 4.78 is 0.761. The van der Waals surface area contributed by atoms with Gasteiger partial charge in [-0.25, -0.2) is 9.78 Å². The number of anilines is 1. The molecule has 8 nitrogen and oxygen atoms in total. The highest BCUT2D eigenvalue weighted by atomic mass is 79.9. The van der Waals surface area contributed by atoms with Crippen LogP contribution in [0.5, 0.6) is 0 Å². The number of rotatable bonds is 5. The molecule has 0 saturated carbocycles. The molecule has 0 fully saturated rings. The Morgan fingerprint density at radius 2 is 2.06 bits per heavy atom. The highest BCUT2D eigenvalue weighted by Gasteiger charge is 2.08. The predicted octanol–water partition coefficient (Wildman–Crippen LogP) is 0.228. The molecule has 0 radical (unpaired) electrons. The SMILES string of the molecule is O=C(O)CNC(=O)CNC(=O)Nc1ncc(Br)s1. The van der Waals surface area contributed by atoms with Crippen LogP contribution in [-0.2, 0) is 9.59 Å². The van der Waals surface area contributed by atoms with Crippen LogP contribution in [0.25, 0.3) is 0 Å². The fourth-order valence-electron chi connectivity index (χ4n) is 0.851. The van der Waals surface area contributed by atoms with E-state index in [-0.39, 0.29) is 6.54 Å². The zero-order valence-corrected chi connectivity index (χ0v) is 11.3. The lowest BCUT2D eigenvalue weighted by Gasteiger charge is -2.05. The second-order valence-electron chi connectivity index (χ2n) is 2.95. The van der Waals surface area contributed by atoms with Gasteiger partial charge in [-0.05, 0) is 15.9 Å². The largest absolute Gasteiger partial charge is 0.480 e. The van der Waals surface area contributed by atoms with Crippen LogP contribution in [0.4, 0.5) is 9.93 Å². The van der Waals surface area contributed by atoms with Crippen LogP contribution in [0.3, 0.4) is 0 Å². The normalized spacial score (nSPS) is 9.61. The molecule has 1 rings (SSSR count). The van der Waals surface area contributed by atoms with Gasteiger partial charge in [0.05, 0.1) is 16.5 Å². The molecule has 0 atom stereocenters. The molecule has 0 aromatic carbocycles. The number of aliphatic carboxylic acids is 1. The topological polar surface area (TPSA) is 120 Å². The Kier molecular flexibility index (Phi) is 5.52. The molecule has 0 spiro atoms. The van der Waals surface area contributed by atoms with Gasteiger partial charge in [0.2, 0.25) is 5.91 Å². The third-order valence-electron chi connectivity index (χ3n) is 1.54. The first-order valence-corrected chi connectivity index (χ1v) is 6.23. The summed E-state index contributed by atoms with van der Waals surface area (Å²) in [5, 5.41) is 15.5. The molecular weight excluding hydrogens is 328 g/mol. The number of carboxylic acid groups (broad SMARTS) is 1. The lowest BCUT2D eigenvalue weighted by atomic mass is 10.5. The van der Waals surface area contributed by atoms with Gasteiger partial charge in [-0.1, -0.05) is 11.3 Å². The summed E-state index contributed by atoms with van der Waals surface area (Å²) in [5.74, 6) is -1.74. The van der Waals surface area contributed by atoms with E-state index in [1.165, 1.54) is 17.5 Å². The van der Waals surface area contributed by atoms with Crippen LogP contribution in [0.15, 0.2) is 9.98 Å². The summed E-state index contributed by atoms with van der Waals surface area (Å²) >= 11 is 4.40. The molecule has 98 valence electrons. The zero-order valence-electron chi connectivity index (χ0n) is 8.90. The lowest BCUT2D eigenvalue weighted by Crippen LogP contribution is -2.40. The molecule has 10 heteroatoms. The second-order valence-corrected chi connectivity index (χ2v) is 5.36. The van der Waals surface area contributed by atoms with E-state index in [1.54, 1.807) is 0 Å². The number of carboxylic acids is 1. The Bertz CT molecular complexity index is 464. The van der Waals surface area contributed by atoms with Gasteiger partial charge in [0.25, 0.3) is 0 Å². The van der Waals surface area contributed by atoms with Gasteiger partial charge < -0.3 is 15.7 Å². The minimum absolute atomic E-state index is 0.314. The molecule has 3 amide bonds. The molecule has 0 saturated heterocycles. The molecule has 0 aliphatic carbocycles. The van der Waals surface area contributed by atoms with Gasteiger partial charge >= 0.3 is 12.0 Å². The smallest absolute Gasteiger partial charge is 0.322 e. The van der Waals surface area contributed by atoms with Crippen LogP contribution in [0.1, 0.15) is 0 Å². The van der Waals surface area contributed by atoms with E-state index in [4.69, 9.17) is 5.11 Å². The number of hydrogen-bond donors (Lipinski definition) is 4. The van der Waals surface area contributed by atoms with E-state index in [9.17, 15) is 14.4 Å². The third-order valence-corrected chi connectivity index (χ3v) is 2.94. The van der Waals surface area contributed by atoms with Crippen molar-refractivity contribution >= 4 is 50.3 Å². The van der Waals surface area contributed by atoms with Crippen LogP contribution in [-0.4, -0.2) is 41.1 Å². The van der Waals surface area contributed by atoms with Crippen molar-refractivity contribution in [3.8, 4) is 0 Å². The maximum atomic E-state index is 11.3. The Morgan fingerprint density at radius 3 is 2.61 bits per heavy atom. The van der Waals surface area contributed by atoms with E-state index in [0.29, 0.717) is 5.13 Å². The average Bonchev–Trinajstić information content (AvgIpc) is 2.69. The Hall–Kier alpha value is -1.68. The summed E-state index contributed by atoms with van der Waals surface area (Å²) in [6, 6.07) is -0.595. The minimum atomic E-state index is -1.15. The molecule has 1 aromatic heterocycles. The maximum Gasteiger partial charge on any atom is 0.322 e. The zero-order chi connectivity index (χ0) is 13.5. The van der Waals surface area contributed by atoms with Crippen molar-refractivity contribution in [2.75, 3.05) is 18.4 Å². The van der Waals surface area contributed by atoms with Crippen molar-refractivity contribution in [1.29, 1.82) is 0 Å². The first-order valence-electron chi connectivity index (χ1n) is 4.62. The number of nitrogens with one attached hydrogen (secondary N) is 3. The number of halogens is 1. The van der Waals surface area contributed by atoms with Crippen LogP contribution < -0.4 is 16.0 Å². The van der Waals surface area contributed by atoms with Crippen LogP contribution >= 0.6 is 27.3 Å². The Balaban J connectivity index is 2.24. The molecule has 0 aliphatic rings. The van der Waals surface area contributed by atoms with Gasteiger partial charge in [0.15, 0.2) is 5.13 Å². The van der Waals surface area contributed by atoms with E-state index in [1.807, 2.05) is 0 Å². The monoisotopic (exact) mass is 336 g/mol. The number of carbonyl (C=O) groups is 3. The fraction of sp³-hybridized carbons (Fsp3) is 0.250. The number of thiazole rings is 1. The molecule has 0 bridgehead atoms. The van der Waals surface area contributed by atoms with Crippen LogP contribution in [0, 0.1) is 0 Å². The summed E-state index contributed by atoms with van der Waals surface area (Å²) in [5.41, 5.74) is 0. The number of urea groups is 1. The van der Waals surface area contributed by atoms with Gasteiger partial charge in [0, 0.05) is 0 Å². The molecule has 1 heterocycles. The highest BCUT2D eigenvalue weighted by Crippen LogP contribution is 2.22. The lowest BCUT2D eigenvalue weighted by molar-refractivity contribution is -0.137. The summed E-state index contributed by atoms with van der Waals surface area (Å²) in [4.78, 5) is 36.4. The molecule has 4 N–H and O–H groups in total. The maximum absolute atomic E-state index is 11.3. The molecule has 1 aromatic rings. The number of hydrogen-bond acceptors (Lipinski definition) is 5. The number of amides is 3. The fourth-order valence-corrected chi connectivity index (χ4v) is 1.95. The molecular formula is C8H9BrN4O4S. The van der Waals surface area contributed by atoms with Crippen LogP contribution in [0.2, 0.25) is 0 Å². The average molecular weight is 337 g/mol. The van der Waals surface area contributed by atoms with Crippen molar-refractivity contribution in [3.63, 3.8) is 0 Å². The second kappa shape index (κ2) is 6.91. The Morgan fingerprint density at radius 1 is 1.33 bits per heavy atom. The first kappa shape index (κ1) is 14.4. The first-order chi connectivity index (χ1) is 8.47. The number of aromatic nitrogens is 1. The van der Waals surface area contributed by atoms with Gasteiger partial charge in [-0.2, -0.15) is 0 Å². The van der Waals surface area contributed by atoms with Gasteiger partial charge in [0.1, 0.15) is 6.54 Å². The van der Waals surface area contributed by atoms with E-state index >= 15 is 0 Å². The summed E-state index contributed by atoms with van der Waals surface area (Å²) in [7, 11) is 0. The third kappa shape index (κ3) is 5.59.